The minimum absolute atomic E-state index is 0.272. The fourth-order valence-corrected chi connectivity index (χ4v) is 1.58. The second-order valence-corrected chi connectivity index (χ2v) is 4.24. The number of nitrogens with two attached hydrogens (primary N) is 1. The number of anilines is 2. The fraction of sp³-hybridized carbons (Fsp3) is 0.143. The van der Waals surface area contributed by atoms with Crippen LogP contribution in [0.4, 0.5) is 16.2 Å². The minimum atomic E-state index is -0.272. The Morgan fingerprint density at radius 1 is 1.32 bits per heavy atom. The Bertz CT molecular complexity index is 566. The molecule has 2 rings (SSSR count). The van der Waals surface area contributed by atoms with Crippen LogP contribution < -0.4 is 16.4 Å². The van der Waals surface area contributed by atoms with E-state index in [9.17, 15) is 4.79 Å². The number of nitrogen functional groups attached to an aromatic ring is 1. The molecule has 0 atom stereocenters. The maximum Gasteiger partial charge on any atom is 0.319 e. The third kappa shape index (κ3) is 3.99. The summed E-state index contributed by atoms with van der Waals surface area (Å²) in [6, 6.07) is 10.6. The van der Waals surface area contributed by atoms with Crippen LogP contribution in [0, 0.1) is 6.92 Å². The van der Waals surface area contributed by atoms with Gasteiger partial charge in [0.25, 0.3) is 0 Å². The van der Waals surface area contributed by atoms with Gasteiger partial charge in [-0.3, -0.25) is 4.98 Å². The van der Waals surface area contributed by atoms with Crippen molar-refractivity contribution in [1.82, 2.24) is 10.3 Å². The van der Waals surface area contributed by atoms with Crippen LogP contribution in [0.1, 0.15) is 11.3 Å². The van der Waals surface area contributed by atoms with Crippen molar-refractivity contribution in [3.63, 3.8) is 0 Å². The number of rotatable bonds is 3. The van der Waals surface area contributed by atoms with Gasteiger partial charge in [0, 0.05) is 29.8 Å². The molecule has 0 fully saturated rings. The van der Waals surface area contributed by atoms with Gasteiger partial charge >= 0.3 is 6.03 Å². The molecule has 98 valence electrons. The number of hydrogen-bond acceptors (Lipinski definition) is 3. The van der Waals surface area contributed by atoms with Crippen molar-refractivity contribution in [3.8, 4) is 0 Å². The highest BCUT2D eigenvalue weighted by molar-refractivity contribution is 5.89. The molecule has 0 aliphatic carbocycles. The summed E-state index contributed by atoms with van der Waals surface area (Å²) in [7, 11) is 0. The van der Waals surface area contributed by atoms with Crippen LogP contribution in [-0.2, 0) is 6.54 Å². The van der Waals surface area contributed by atoms with E-state index in [2.05, 4.69) is 15.6 Å². The quantitative estimate of drug-likeness (QED) is 0.737. The first-order chi connectivity index (χ1) is 9.13. The Morgan fingerprint density at radius 2 is 2.16 bits per heavy atom. The zero-order valence-electron chi connectivity index (χ0n) is 10.7. The van der Waals surface area contributed by atoms with Crippen molar-refractivity contribution in [2.75, 3.05) is 11.1 Å². The normalized spacial score (nSPS) is 9.95. The van der Waals surface area contributed by atoms with E-state index in [-0.39, 0.29) is 6.03 Å². The van der Waals surface area contributed by atoms with Gasteiger partial charge in [0.2, 0.25) is 0 Å². The molecule has 1 heterocycles. The molecule has 0 bridgehead atoms. The fourth-order valence-electron chi connectivity index (χ4n) is 1.58. The van der Waals surface area contributed by atoms with Crippen LogP contribution in [-0.4, -0.2) is 11.0 Å². The van der Waals surface area contributed by atoms with Crippen molar-refractivity contribution >= 4 is 17.4 Å². The first-order valence-electron chi connectivity index (χ1n) is 5.95. The highest BCUT2D eigenvalue weighted by atomic mass is 16.2. The molecule has 0 saturated carbocycles. The molecule has 5 nitrogen and oxygen atoms in total. The molecule has 0 spiro atoms. The van der Waals surface area contributed by atoms with Crippen molar-refractivity contribution in [1.29, 1.82) is 0 Å². The molecule has 4 N–H and O–H groups in total. The van der Waals surface area contributed by atoms with Crippen molar-refractivity contribution in [3.05, 3.63) is 53.9 Å². The van der Waals surface area contributed by atoms with Gasteiger partial charge in [0.15, 0.2) is 0 Å². The van der Waals surface area contributed by atoms with E-state index in [4.69, 9.17) is 5.73 Å². The lowest BCUT2D eigenvalue weighted by atomic mass is 10.2. The number of hydrogen-bond donors (Lipinski definition) is 3. The molecule has 0 radical (unpaired) electrons. The van der Waals surface area contributed by atoms with Gasteiger partial charge in [0.05, 0.1) is 0 Å². The van der Waals surface area contributed by atoms with Crippen LogP contribution in [0.15, 0.2) is 42.6 Å². The van der Waals surface area contributed by atoms with Crippen LogP contribution in [0.25, 0.3) is 0 Å². The molecule has 0 aliphatic heterocycles. The van der Waals surface area contributed by atoms with E-state index in [0.29, 0.717) is 17.9 Å². The number of nitrogens with one attached hydrogen (secondary N) is 2. The number of amides is 2. The van der Waals surface area contributed by atoms with Gasteiger partial charge in [-0.05, 0) is 36.8 Å². The lowest BCUT2D eigenvalue weighted by Gasteiger charge is -2.08. The summed E-state index contributed by atoms with van der Waals surface area (Å²) >= 11 is 0. The Hall–Kier alpha value is -2.56. The summed E-state index contributed by atoms with van der Waals surface area (Å²) in [5, 5.41) is 5.47. The summed E-state index contributed by atoms with van der Waals surface area (Å²) in [5.74, 6) is 0. The molecular formula is C14H16N4O. The molecule has 19 heavy (non-hydrogen) atoms. The van der Waals surface area contributed by atoms with Crippen molar-refractivity contribution in [2.24, 2.45) is 0 Å². The number of urea groups is 1. The molecule has 1 aromatic heterocycles. The SMILES string of the molecule is Cc1ccc(CNC(=O)Nc2cccc(N)c2)cn1. The van der Waals surface area contributed by atoms with Crippen molar-refractivity contribution in [2.45, 2.75) is 13.5 Å². The van der Waals surface area contributed by atoms with Gasteiger partial charge in [0.1, 0.15) is 0 Å². The predicted molar refractivity (Wildman–Crippen MR) is 75.7 cm³/mol. The third-order valence-electron chi connectivity index (χ3n) is 2.57. The highest BCUT2D eigenvalue weighted by Gasteiger charge is 2.02. The number of aryl methyl sites for hydroxylation is 1. The average Bonchev–Trinajstić information content (AvgIpc) is 2.38. The number of carbonyl (C=O) groups excluding carboxylic acids is 1. The summed E-state index contributed by atoms with van der Waals surface area (Å²) in [5.41, 5.74) is 8.82. The predicted octanol–water partition coefficient (Wildman–Crippen LogP) is 2.29. The topological polar surface area (TPSA) is 80.0 Å². The number of nitrogens with zero attached hydrogens (tertiary/aromatic N) is 1. The van der Waals surface area contributed by atoms with Gasteiger partial charge in [-0.2, -0.15) is 0 Å². The minimum Gasteiger partial charge on any atom is -0.399 e. The summed E-state index contributed by atoms with van der Waals surface area (Å²) < 4.78 is 0. The molecule has 1 aromatic carbocycles. The Kier molecular flexibility index (Phi) is 3.97. The lowest BCUT2D eigenvalue weighted by molar-refractivity contribution is 0.251. The van der Waals surface area contributed by atoms with Crippen molar-refractivity contribution < 1.29 is 4.79 Å². The number of benzene rings is 1. The molecule has 5 heteroatoms. The van der Waals surface area contributed by atoms with E-state index in [1.165, 1.54) is 0 Å². The highest BCUT2D eigenvalue weighted by Crippen LogP contribution is 2.11. The molecule has 0 unspecified atom stereocenters. The Morgan fingerprint density at radius 3 is 2.84 bits per heavy atom. The van der Waals surface area contributed by atoms with Gasteiger partial charge < -0.3 is 16.4 Å². The maximum atomic E-state index is 11.7. The number of aromatic nitrogens is 1. The second-order valence-electron chi connectivity index (χ2n) is 4.24. The summed E-state index contributed by atoms with van der Waals surface area (Å²) in [6.07, 6.45) is 1.75. The molecule has 0 aliphatic rings. The van der Waals surface area contributed by atoms with Crippen LogP contribution in [0.5, 0.6) is 0 Å². The summed E-state index contributed by atoms with van der Waals surface area (Å²) in [6.45, 7) is 2.35. The second kappa shape index (κ2) is 5.86. The zero-order valence-corrected chi connectivity index (χ0v) is 10.7. The van der Waals surface area contributed by atoms with Gasteiger partial charge in [-0.1, -0.05) is 12.1 Å². The molecule has 0 saturated heterocycles. The van der Waals surface area contributed by atoms with Crippen LogP contribution >= 0.6 is 0 Å². The molecule has 2 amide bonds. The monoisotopic (exact) mass is 256 g/mol. The first kappa shape index (κ1) is 12.9. The van der Waals surface area contributed by atoms with Crippen LogP contribution in [0.2, 0.25) is 0 Å². The zero-order chi connectivity index (χ0) is 13.7. The average molecular weight is 256 g/mol. The van der Waals surface area contributed by atoms with E-state index in [1.807, 2.05) is 19.1 Å². The standard InChI is InChI=1S/C14H16N4O/c1-10-5-6-11(8-16-10)9-17-14(19)18-13-4-2-3-12(15)7-13/h2-8H,9,15H2,1H3,(H2,17,18,19). The first-order valence-corrected chi connectivity index (χ1v) is 5.95. The maximum absolute atomic E-state index is 11.7. The van der Waals surface area contributed by atoms with Gasteiger partial charge in [-0.15, -0.1) is 0 Å². The van der Waals surface area contributed by atoms with Crippen LogP contribution in [0.3, 0.4) is 0 Å². The smallest absolute Gasteiger partial charge is 0.319 e. The lowest BCUT2D eigenvalue weighted by Crippen LogP contribution is -2.28. The van der Waals surface area contributed by atoms with E-state index >= 15 is 0 Å². The number of carbonyl (C=O) groups is 1. The summed E-state index contributed by atoms with van der Waals surface area (Å²) in [4.78, 5) is 15.8. The molecule has 2 aromatic rings. The van der Waals surface area contributed by atoms with E-state index < -0.39 is 0 Å². The molecular weight excluding hydrogens is 240 g/mol. The van der Waals surface area contributed by atoms with E-state index in [1.54, 1.807) is 30.5 Å². The van der Waals surface area contributed by atoms with E-state index in [0.717, 1.165) is 11.3 Å². The number of pyridine rings is 1. The largest absolute Gasteiger partial charge is 0.399 e. The Balaban J connectivity index is 1.86. The van der Waals surface area contributed by atoms with Gasteiger partial charge in [-0.25, -0.2) is 4.79 Å². The Labute approximate surface area is 111 Å². The third-order valence-corrected chi connectivity index (χ3v) is 2.57.